The van der Waals surface area contributed by atoms with E-state index in [4.69, 9.17) is 4.74 Å². The number of ether oxygens (including phenoxy) is 1. The maximum Gasteiger partial charge on any atom is 0.167 e. The summed E-state index contributed by atoms with van der Waals surface area (Å²) in [7, 11) is 1.75. The van der Waals surface area contributed by atoms with E-state index in [9.17, 15) is 4.39 Å². The maximum absolute atomic E-state index is 13.9. The van der Waals surface area contributed by atoms with E-state index in [-0.39, 0.29) is 11.6 Å². The fourth-order valence-electron chi connectivity index (χ4n) is 2.21. The highest BCUT2D eigenvalue weighted by molar-refractivity contribution is 5.64. The summed E-state index contributed by atoms with van der Waals surface area (Å²) in [6, 6.07) is 22.5. The standard InChI is InChI=1S/C19H16FNO/c1-21-16-9-12-19(18(20)13-16)22-17-10-7-15(8-11-17)14-5-3-2-4-6-14/h2-13,21H,1H3. The van der Waals surface area contributed by atoms with Gasteiger partial charge in [-0.3, -0.25) is 0 Å². The van der Waals surface area contributed by atoms with E-state index in [2.05, 4.69) is 5.32 Å². The Kier molecular flexibility index (Phi) is 4.05. The zero-order valence-corrected chi connectivity index (χ0v) is 12.2. The van der Waals surface area contributed by atoms with Crippen molar-refractivity contribution >= 4 is 5.69 Å². The van der Waals surface area contributed by atoms with E-state index in [1.54, 1.807) is 19.2 Å². The number of rotatable bonds is 4. The molecule has 110 valence electrons. The van der Waals surface area contributed by atoms with Crippen molar-refractivity contribution in [2.45, 2.75) is 0 Å². The summed E-state index contributed by atoms with van der Waals surface area (Å²) in [5, 5.41) is 2.89. The van der Waals surface area contributed by atoms with Crippen molar-refractivity contribution in [2.75, 3.05) is 12.4 Å². The molecule has 0 aromatic heterocycles. The zero-order valence-electron chi connectivity index (χ0n) is 12.2. The lowest BCUT2D eigenvalue weighted by Crippen LogP contribution is -1.92. The molecule has 0 saturated heterocycles. The van der Waals surface area contributed by atoms with Crippen LogP contribution in [0.1, 0.15) is 0 Å². The Hall–Kier alpha value is -2.81. The van der Waals surface area contributed by atoms with Crippen LogP contribution in [0.3, 0.4) is 0 Å². The number of nitrogens with one attached hydrogen (secondary N) is 1. The molecule has 2 nitrogen and oxygen atoms in total. The van der Waals surface area contributed by atoms with Gasteiger partial charge in [0.1, 0.15) is 5.75 Å². The predicted molar refractivity (Wildman–Crippen MR) is 87.9 cm³/mol. The molecule has 0 bridgehead atoms. The van der Waals surface area contributed by atoms with Gasteiger partial charge < -0.3 is 10.1 Å². The fourth-order valence-corrected chi connectivity index (χ4v) is 2.21. The Bertz CT molecular complexity index is 754. The van der Waals surface area contributed by atoms with Gasteiger partial charge in [0.15, 0.2) is 11.6 Å². The third-order valence-corrected chi connectivity index (χ3v) is 3.41. The number of halogens is 1. The number of anilines is 1. The van der Waals surface area contributed by atoms with E-state index < -0.39 is 0 Å². The van der Waals surface area contributed by atoms with Gasteiger partial charge in [0.05, 0.1) is 0 Å². The molecular formula is C19H16FNO. The van der Waals surface area contributed by atoms with Crippen molar-refractivity contribution in [1.29, 1.82) is 0 Å². The molecule has 3 heteroatoms. The van der Waals surface area contributed by atoms with E-state index >= 15 is 0 Å². The van der Waals surface area contributed by atoms with Crippen LogP contribution in [0.5, 0.6) is 11.5 Å². The minimum Gasteiger partial charge on any atom is -0.454 e. The van der Waals surface area contributed by atoms with E-state index in [0.717, 1.165) is 11.1 Å². The summed E-state index contributed by atoms with van der Waals surface area (Å²) in [5.41, 5.74) is 2.95. The smallest absolute Gasteiger partial charge is 0.167 e. The Labute approximate surface area is 129 Å². The first-order chi connectivity index (χ1) is 10.8. The highest BCUT2D eigenvalue weighted by Crippen LogP contribution is 2.28. The molecule has 3 aromatic carbocycles. The van der Waals surface area contributed by atoms with Crippen LogP contribution in [-0.2, 0) is 0 Å². The zero-order chi connectivity index (χ0) is 15.4. The SMILES string of the molecule is CNc1ccc(Oc2ccc(-c3ccccc3)cc2)c(F)c1. The summed E-state index contributed by atoms with van der Waals surface area (Å²) >= 11 is 0. The van der Waals surface area contributed by atoms with Gasteiger partial charge in [0, 0.05) is 18.8 Å². The molecule has 3 rings (SSSR count). The lowest BCUT2D eigenvalue weighted by molar-refractivity contribution is 0.442. The lowest BCUT2D eigenvalue weighted by Gasteiger charge is -2.09. The Morgan fingerprint density at radius 3 is 2.14 bits per heavy atom. The molecule has 1 N–H and O–H groups in total. The van der Waals surface area contributed by atoms with Crippen molar-refractivity contribution in [3.63, 3.8) is 0 Å². The summed E-state index contributed by atoms with van der Waals surface area (Å²) in [4.78, 5) is 0. The van der Waals surface area contributed by atoms with Crippen molar-refractivity contribution in [3.8, 4) is 22.6 Å². The van der Waals surface area contributed by atoms with Crippen LogP contribution in [0.2, 0.25) is 0 Å². The van der Waals surface area contributed by atoms with Gasteiger partial charge in [-0.05, 0) is 35.4 Å². The highest BCUT2D eigenvalue weighted by Gasteiger charge is 2.06. The molecule has 0 heterocycles. The van der Waals surface area contributed by atoms with Gasteiger partial charge in [-0.2, -0.15) is 0 Å². The van der Waals surface area contributed by atoms with Crippen molar-refractivity contribution in [3.05, 3.63) is 78.6 Å². The average Bonchev–Trinajstić information content (AvgIpc) is 2.58. The third-order valence-electron chi connectivity index (χ3n) is 3.41. The number of hydrogen-bond donors (Lipinski definition) is 1. The molecule has 0 saturated carbocycles. The molecule has 0 aliphatic rings. The monoisotopic (exact) mass is 293 g/mol. The molecule has 0 amide bonds. The van der Waals surface area contributed by atoms with Gasteiger partial charge in [-0.15, -0.1) is 0 Å². The molecule has 0 fully saturated rings. The topological polar surface area (TPSA) is 21.3 Å². The first-order valence-corrected chi connectivity index (χ1v) is 7.07. The van der Waals surface area contributed by atoms with Crippen LogP contribution in [0.25, 0.3) is 11.1 Å². The molecule has 0 unspecified atom stereocenters. The molecule has 22 heavy (non-hydrogen) atoms. The second-order valence-corrected chi connectivity index (χ2v) is 4.89. The molecule has 0 radical (unpaired) electrons. The van der Waals surface area contributed by atoms with Crippen LogP contribution in [0, 0.1) is 5.82 Å². The quantitative estimate of drug-likeness (QED) is 0.702. The number of hydrogen-bond acceptors (Lipinski definition) is 2. The predicted octanol–water partition coefficient (Wildman–Crippen LogP) is 5.33. The third kappa shape index (κ3) is 3.09. The van der Waals surface area contributed by atoms with Crippen LogP contribution in [-0.4, -0.2) is 7.05 Å². The van der Waals surface area contributed by atoms with Crippen molar-refractivity contribution < 1.29 is 9.13 Å². The summed E-state index contributed by atoms with van der Waals surface area (Å²) < 4.78 is 19.5. The van der Waals surface area contributed by atoms with Gasteiger partial charge in [0.2, 0.25) is 0 Å². The van der Waals surface area contributed by atoms with Gasteiger partial charge in [-0.1, -0.05) is 42.5 Å². The van der Waals surface area contributed by atoms with E-state index in [1.165, 1.54) is 6.07 Å². The molecule has 0 aliphatic heterocycles. The first-order valence-electron chi connectivity index (χ1n) is 7.07. The van der Waals surface area contributed by atoms with Crippen LogP contribution in [0.15, 0.2) is 72.8 Å². The van der Waals surface area contributed by atoms with Crippen molar-refractivity contribution in [2.24, 2.45) is 0 Å². The fraction of sp³-hybridized carbons (Fsp3) is 0.0526. The molecule has 0 atom stereocenters. The normalized spacial score (nSPS) is 10.3. The Balaban J connectivity index is 1.79. The summed E-state index contributed by atoms with van der Waals surface area (Å²) in [6.45, 7) is 0. The Morgan fingerprint density at radius 2 is 1.50 bits per heavy atom. The van der Waals surface area contributed by atoms with Crippen LogP contribution < -0.4 is 10.1 Å². The highest BCUT2D eigenvalue weighted by atomic mass is 19.1. The minimum absolute atomic E-state index is 0.214. The average molecular weight is 293 g/mol. The largest absolute Gasteiger partial charge is 0.454 e. The molecule has 0 spiro atoms. The lowest BCUT2D eigenvalue weighted by atomic mass is 10.1. The van der Waals surface area contributed by atoms with Crippen LogP contribution in [0.4, 0.5) is 10.1 Å². The summed E-state index contributed by atoms with van der Waals surface area (Å²) in [5.74, 6) is 0.432. The summed E-state index contributed by atoms with van der Waals surface area (Å²) in [6.07, 6.45) is 0. The number of benzene rings is 3. The molecule has 3 aromatic rings. The van der Waals surface area contributed by atoms with E-state index in [1.807, 2.05) is 54.6 Å². The second-order valence-electron chi connectivity index (χ2n) is 4.89. The van der Waals surface area contributed by atoms with Crippen LogP contribution >= 0.6 is 0 Å². The minimum atomic E-state index is -0.390. The van der Waals surface area contributed by atoms with Gasteiger partial charge in [-0.25, -0.2) is 4.39 Å². The molecular weight excluding hydrogens is 277 g/mol. The van der Waals surface area contributed by atoms with Gasteiger partial charge >= 0.3 is 0 Å². The Morgan fingerprint density at radius 1 is 0.818 bits per heavy atom. The van der Waals surface area contributed by atoms with Gasteiger partial charge in [0.25, 0.3) is 0 Å². The maximum atomic E-state index is 13.9. The second kappa shape index (κ2) is 6.31. The molecule has 0 aliphatic carbocycles. The van der Waals surface area contributed by atoms with Crippen molar-refractivity contribution in [1.82, 2.24) is 0 Å². The van der Waals surface area contributed by atoms with E-state index in [0.29, 0.717) is 11.4 Å². The first kappa shape index (κ1) is 14.1.